The second kappa shape index (κ2) is 6.24. The van der Waals surface area contributed by atoms with E-state index in [-0.39, 0.29) is 23.5 Å². The average molecular weight is 324 g/mol. The zero-order valence-electron chi connectivity index (χ0n) is 13.8. The van der Waals surface area contributed by atoms with Crippen LogP contribution in [0.4, 0.5) is 4.79 Å². The Kier molecular flexibility index (Phi) is 4.75. The number of nitrogens with one attached hydrogen (secondary N) is 1. The maximum absolute atomic E-state index is 12.2. The van der Waals surface area contributed by atoms with Crippen molar-refractivity contribution in [3.05, 3.63) is 16.1 Å². The lowest BCUT2D eigenvalue weighted by Gasteiger charge is -2.32. The fourth-order valence-electron chi connectivity index (χ4n) is 2.53. The number of urea groups is 1. The van der Waals surface area contributed by atoms with E-state index in [1.807, 2.05) is 38.0 Å². The molecule has 1 atom stereocenters. The van der Waals surface area contributed by atoms with Gasteiger partial charge in [-0.2, -0.15) is 0 Å². The average Bonchev–Trinajstić information content (AvgIpc) is 2.95. The third-order valence-corrected chi connectivity index (χ3v) is 4.50. The van der Waals surface area contributed by atoms with Gasteiger partial charge in [0.25, 0.3) is 0 Å². The van der Waals surface area contributed by atoms with Crippen LogP contribution in [0.15, 0.2) is 5.38 Å². The van der Waals surface area contributed by atoms with Crippen LogP contribution in [-0.4, -0.2) is 51.9 Å². The second-order valence-corrected chi connectivity index (χ2v) is 7.80. The molecular formula is C15H24N4O2S. The molecule has 0 aromatic carbocycles. The van der Waals surface area contributed by atoms with Crippen molar-refractivity contribution >= 4 is 23.3 Å². The first-order chi connectivity index (χ1) is 10.2. The molecule has 0 spiro atoms. The summed E-state index contributed by atoms with van der Waals surface area (Å²) >= 11 is 1.57. The fourth-order valence-corrected chi connectivity index (χ4v) is 3.14. The van der Waals surface area contributed by atoms with Gasteiger partial charge in [-0.25, -0.2) is 9.78 Å². The molecule has 7 heteroatoms. The molecular weight excluding hydrogens is 300 g/mol. The van der Waals surface area contributed by atoms with Crippen molar-refractivity contribution in [2.24, 2.45) is 0 Å². The maximum Gasteiger partial charge on any atom is 0.317 e. The summed E-state index contributed by atoms with van der Waals surface area (Å²) in [5.74, 6) is 0.0931. The highest BCUT2D eigenvalue weighted by Crippen LogP contribution is 2.22. The van der Waals surface area contributed by atoms with E-state index in [2.05, 4.69) is 10.3 Å². The van der Waals surface area contributed by atoms with Crippen LogP contribution in [0.25, 0.3) is 0 Å². The number of rotatable bonds is 3. The quantitative estimate of drug-likeness (QED) is 0.925. The number of nitrogens with zero attached hydrogens (tertiary/aromatic N) is 3. The van der Waals surface area contributed by atoms with Gasteiger partial charge in [0.05, 0.1) is 23.3 Å². The van der Waals surface area contributed by atoms with Gasteiger partial charge in [-0.3, -0.25) is 4.79 Å². The minimum absolute atomic E-state index is 0.0931. The predicted molar refractivity (Wildman–Crippen MR) is 86.7 cm³/mol. The largest absolute Gasteiger partial charge is 0.336 e. The van der Waals surface area contributed by atoms with E-state index in [0.717, 1.165) is 10.7 Å². The number of aryl methyl sites for hydroxylation is 1. The van der Waals surface area contributed by atoms with Crippen molar-refractivity contribution < 1.29 is 9.59 Å². The lowest BCUT2D eigenvalue weighted by atomic mass is 10.1. The molecule has 0 aliphatic carbocycles. The molecule has 0 radical (unpaired) electrons. The Morgan fingerprint density at radius 1 is 1.55 bits per heavy atom. The van der Waals surface area contributed by atoms with Crippen LogP contribution in [0, 0.1) is 6.92 Å². The number of aromatic nitrogens is 1. The highest BCUT2D eigenvalue weighted by Gasteiger charge is 2.37. The number of carbonyl (C=O) groups excluding carboxylic acids is 2. The van der Waals surface area contributed by atoms with Crippen LogP contribution in [-0.2, 0) is 11.3 Å². The minimum Gasteiger partial charge on any atom is -0.336 e. The normalized spacial score (nSPS) is 18.7. The van der Waals surface area contributed by atoms with Crippen molar-refractivity contribution in [1.29, 1.82) is 0 Å². The molecule has 0 saturated carbocycles. The van der Waals surface area contributed by atoms with E-state index in [4.69, 9.17) is 0 Å². The first kappa shape index (κ1) is 16.7. The summed E-state index contributed by atoms with van der Waals surface area (Å²) in [6.07, 6.45) is 0.368. The molecule has 1 N–H and O–H groups in total. The van der Waals surface area contributed by atoms with Crippen LogP contribution >= 0.6 is 11.3 Å². The second-order valence-electron chi connectivity index (χ2n) is 6.74. The molecule has 1 aromatic rings. The van der Waals surface area contributed by atoms with E-state index in [1.54, 1.807) is 23.3 Å². The summed E-state index contributed by atoms with van der Waals surface area (Å²) in [6, 6.07) is -0.293. The number of thiazole rings is 1. The maximum atomic E-state index is 12.2. The highest BCUT2D eigenvalue weighted by molar-refractivity contribution is 7.09. The van der Waals surface area contributed by atoms with Crippen molar-refractivity contribution in [3.8, 4) is 0 Å². The molecule has 1 aromatic heterocycles. The Morgan fingerprint density at radius 3 is 2.73 bits per heavy atom. The third kappa shape index (κ3) is 3.97. The molecule has 1 saturated heterocycles. The standard InChI is InChI=1S/C15H24N4O2S/c1-10-16-12(9-22-10)7-18(5)14(21)17-11-6-13(20)19(8-11)15(2,3)4/h9,11H,6-8H2,1-5H3,(H,17,21). The monoisotopic (exact) mass is 324 g/mol. The smallest absolute Gasteiger partial charge is 0.317 e. The summed E-state index contributed by atoms with van der Waals surface area (Å²) in [7, 11) is 1.74. The van der Waals surface area contributed by atoms with Gasteiger partial charge in [-0.1, -0.05) is 0 Å². The minimum atomic E-state index is -0.208. The zero-order chi connectivity index (χ0) is 16.5. The van der Waals surface area contributed by atoms with E-state index >= 15 is 0 Å². The molecule has 1 fully saturated rings. The van der Waals surface area contributed by atoms with Crippen LogP contribution in [0.1, 0.15) is 37.9 Å². The molecule has 122 valence electrons. The van der Waals surface area contributed by atoms with Gasteiger partial charge in [-0.05, 0) is 27.7 Å². The topological polar surface area (TPSA) is 65.5 Å². The first-order valence-corrected chi connectivity index (χ1v) is 8.28. The predicted octanol–water partition coefficient (Wildman–Crippen LogP) is 1.99. The number of carbonyl (C=O) groups is 2. The Morgan fingerprint density at radius 2 is 2.23 bits per heavy atom. The van der Waals surface area contributed by atoms with Gasteiger partial charge in [0.1, 0.15) is 0 Å². The zero-order valence-corrected chi connectivity index (χ0v) is 14.7. The summed E-state index contributed by atoms with van der Waals surface area (Å²) in [5.41, 5.74) is 0.680. The molecule has 1 unspecified atom stereocenters. The van der Waals surface area contributed by atoms with Crippen LogP contribution < -0.4 is 5.32 Å². The SMILES string of the molecule is Cc1nc(CN(C)C(=O)NC2CC(=O)N(C(C)(C)C)C2)cs1. The van der Waals surface area contributed by atoms with Crippen LogP contribution in [0.5, 0.6) is 0 Å². The summed E-state index contributed by atoms with van der Waals surface area (Å²) in [5, 5.41) is 5.89. The van der Waals surface area contributed by atoms with Crippen molar-refractivity contribution in [3.63, 3.8) is 0 Å². The summed E-state index contributed by atoms with van der Waals surface area (Å²) in [6.45, 7) is 9.00. The van der Waals surface area contributed by atoms with Gasteiger partial charge >= 0.3 is 6.03 Å². The fraction of sp³-hybridized carbons (Fsp3) is 0.667. The van der Waals surface area contributed by atoms with Gasteiger partial charge in [-0.15, -0.1) is 11.3 Å². The lowest BCUT2D eigenvalue weighted by Crippen LogP contribution is -2.46. The van der Waals surface area contributed by atoms with E-state index in [9.17, 15) is 9.59 Å². The molecule has 1 aliphatic rings. The van der Waals surface area contributed by atoms with Crippen LogP contribution in [0.2, 0.25) is 0 Å². The Hall–Kier alpha value is -1.63. The number of hydrogen-bond donors (Lipinski definition) is 1. The molecule has 6 nitrogen and oxygen atoms in total. The van der Waals surface area contributed by atoms with Crippen molar-refractivity contribution in [2.45, 2.75) is 52.2 Å². The molecule has 2 heterocycles. The number of amides is 3. The number of likely N-dealkylation sites (tertiary alicyclic amines) is 1. The molecule has 1 aliphatic heterocycles. The van der Waals surface area contributed by atoms with Crippen molar-refractivity contribution in [2.75, 3.05) is 13.6 Å². The molecule has 3 amide bonds. The highest BCUT2D eigenvalue weighted by atomic mass is 32.1. The molecule has 2 rings (SSSR count). The van der Waals surface area contributed by atoms with E-state index in [0.29, 0.717) is 19.5 Å². The van der Waals surface area contributed by atoms with E-state index < -0.39 is 0 Å². The van der Waals surface area contributed by atoms with Gasteiger partial charge in [0.15, 0.2) is 0 Å². The van der Waals surface area contributed by atoms with Gasteiger partial charge in [0, 0.05) is 30.9 Å². The van der Waals surface area contributed by atoms with E-state index in [1.165, 1.54) is 0 Å². The summed E-state index contributed by atoms with van der Waals surface area (Å²) in [4.78, 5) is 32.0. The summed E-state index contributed by atoms with van der Waals surface area (Å²) < 4.78 is 0. The molecule has 0 bridgehead atoms. The van der Waals surface area contributed by atoms with Gasteiger partial charge < -0.3 is 15.1 Å². The molecule has 22 heavy (non-hydrogen) atoms. The lowest BCUT2D eigenvalue weighted by molar-refractivity contribution is -0.131. The Labute approximate surface area is 135 Å². The Bertz CT molecular complexity index is 564. The Balaban J connectivity index is 1.88. The third-order valence-electron chi connectivity index (χ3n) is 3.67. The van der Waals surface area contributed by atoms with Crippen LogP contribution in [0.3, 0.4) is 0 Å². The number of hydrogen-bond acceptors (Lipinski definition) is 4. The van der Waals surface area contributed by atoms with Gasteiger partial charge in [0.2, 0.25) is 5.91 Å². The van der Waals surface area contributed by atoms with Crippen molar-refractivity contribution in [1.82, 2.24) is 20.1 Å². The first-order valence-electron chi connectivity index (χ1n) is 7.40.